The van der Waals surface area contributed by atoms with Crippen molar-refractivity contribution in [3.63, 3.8) is 0 Å². The summed E-state index contributed by atoms with van der Waals surface area (Å²) < 4.78 is 44.6. The number of hydrogen-bond acceptors (Lipinski definition) is 6. The Morgan fingerprint density at radius 2 is 1.88 bits per heavy atom. The van der Waals surface area contributed by atoms with Crippen molar-refractivity contribution in [2.75, 3.05) is 11.9 Å². The fraction of sp³-hybridized carbons (Fsp3) is 0.235. The molecule has 3 rings (SSSR count). The summed E-state index contributed by atoms with van der Waals surface area (Å²) in [6, 6.07) is 7.00. The third kappa shape index (κ3) is 3.99. The zero-order chi connectivity index (χ0) is 18.8. The van der Waals surface area contributed by atoms with E-state index in [2.05, 4.69) is 20.3 Å². The topological polar surface area (TPSA) is 84.1 Å². The number of aromatic nitrogens is 3. The third-order valence-corrected chi connectivity index (χ3v) is 3.62. The molecule has 0 saturated carbocycles. The normalized spacial score (nSPS) is 14.0. The SMILES string of the molecule is CC(O)(CNc1cc(C(F)(F)F)nc(-c2ccncc2)n1)c1ccco1. The molecule has 3 aromatic rings. The van der Waals surface area contributed by atoms with E-state index in [1.807, 2.05) is 0 Å². The van der Waals surface area contributed by atoms with Crippen molar-refractivity contribution in [2.45, 2.75) is 18.7 Å². The third-order valence-electron chi connectivity index (χ3n) is 3.62. The van der Waals surface area contributed by atoms with Crippen molar-refractivity contribution in [1.82, 2.24) is 15.0 Å². The first-order valence-corrected chi connectivity index (χ1v) is 7.63. The molecule has 0 radical (unpaired) electrons. The Morgan fingerprint density at radius 3 is 2.50 bits per heavy atom. The molecule has 0 aliphatic carbocycles. The lowest BCUT2D eigenvalue weighted by Crippen LogP contribution is -2.30. The molecule has 0 fully saturated rings. The van der Waals surface area contributed by atoms with Crippen LogP contribution in [0.2, 0.25) is 0 Å². The first-order chi connectivity index (χ1) is 12.3. The van der Waals surface area contributed by atoms with Gasteiger partial charge in [-0.25, -0.2) is 9.97 Å². The number of nitrogens with one attached hydrogen (secondary N) is 1. The second kappa shape index (κ2) is 6.75. The predicted molar refractivity (Wildman–Crippen MR) is 87.0 cm³/mol. The van der Waals surface area contributed by atoms with Crippen molar-refractivity contribution in [3.8, 4) is 11.4 Å². The molecule has 0 aromatic carbocycles. The van der Waals surface area contributed by atoms with Crippen LogP contribution in [-0.4, -0.2) is 26.6 Å². The zero-order valence-electron chi connectivity index (χ0n) is 13.7. The second-order valence-corrected chi connectivity index (χ2v) is 5.80. The summed E-state index contributed by atoms with van der Waals surface area (Å²) in [6.07, 6.45) is -0.357. The fourth-order valence-corrected chi connectivity index (χ4v) is 2.25. The van der Waals surface area contributed by atoms with Gasteiger partial charge in [-0.05, 0) is 31.2 Å². The summed E-state index contributed by atoms with van der Waals surface area (Å²) in [5.41, 5.74) is -2.12. The van der Waals surface area contributed by atoms with Gasteiger partial charge in [-0.1, -0.05) is 0 Å². The largest absolute Gasteiger partial charge is 0.466 e. The van der Waals surface area contributed by atoms with Crippen LogP contribution in [0.3, 0.4) is 0 Å². The lowest BCUT2D eigenvalue weighted by atomic mass is 10.0. The van der Waals surface area contributed by atoms with Crippen molar-refractivity contribution in [1.29, 1.82) is 0 Å². The van der Waals surface area contributed by atoms with Crippen LogP contribution in [0.15, 0.2) is 53.4 Å². The maximum atomic E-state index is 13.2. The molecule has 0 saturated heterocycles. The molecule has 0 aliphatic rings. The van der Waals surface area contributed by atoms with Crippen molar-refractivity contribution >= 4 is 5.82 Å². The Morgan fingerprint density at radius 1 is 1.15 bits per heavy atom. The molecule has 26 heavy (non-hydrogen) atoms. The highest BCUT2D eigenvalue weighted by atomic mass is 19.4. The quantitative estimate of drug-likeness (QED) is 0.721. The van der Waals surface area contributed by atoms with Gasteiger partial charge in [0, 0.05) is 24.0 Å². The van der Waals surface area contributed by atoms with Crippen molar-refractivity contribution in [2.24, 2.45) is 0 Å². The molecule has 136 valence electrons. The Hall–Kier alpha value is -2.94. The minimum absolute atomic E-state index is 0.0639. The lowest BCUT2D eigenvalue weighted by molar-refractivity contribution is -0.141. The van der Waals surface area contributed by atoms with Gasteiger partial charge >= 0.3 is 6.18 Å². The molecule has 3 heterocycles. The minimum atomic E-state index is -4.63. The number of halogens is 3. The number of anilines is 1. The number of rotatable bonds is 5. The van der Waals surface area contributed by atoms with E-state index >= 15 is 0 Å². The molecule has 0 amide bonds. The molecule has 1 unspecified atom stereocenters. The van der Waals surface area contributed by atoms with Crippen LogP contribution in [0.25, 0.3) is 11.4 Å². The average Bonchev–Trinajstić information content (AvgIpc) is 3.15. The maximum absolute atomic E-state index is 13.2. The molecular formula is C17H15F3N4O2. The highest BCUT2D eigenvalue weighted by Crippen LogP contribution is 2.31. The van der Waals surface area contributed by atoms with E-state index in [-0.39, 0.29) is 23.9 Å². The molecule has 3 aromatic heterocycles. The van der Waals surface area contributed by atoms with Crippen LogP contribution >= 0.6 is 0 Å². The van der Waals surface area contributed by atoms with Crippen molar-refractivity contribution < 1.29 is 22.7 Å². The Balaban J connectivity index is 1.91. The maximum Gasteiger partial charge on any atom is 0.433 e. The molecule has 6 nitrogen and oxygen atoms in total. The van der Waals surface area contributed by atoms with Crippen LogP contribution in [-0.2, 0) is 11.8 Å². The number of alkyl halides is 3. The summed E-state index contributed by atoms with van der Waals surface area (Å²) in [6.45, 7) is 1.37. The van der Waals surface area contributed by atoms with E-state index in [4.69, 9.17) is 4.42 Å². The smallest absolute Gasteiger partial charge is 0.433 e. The highest BCUT2D eigenvalue weighted by Gasteiger charge is 2.34. The van der Waals surface area contributed by atoms with Gasteiger partial charge in [-0.15, -0.1) is 0 Å². The Kier molecular flexibility index (Phi) is 4.64. The lowest BCUT2D eigenvalue weighted by Gasteiger charge is -2.22. The second-order valence-electron chi connectivity index (χ2n) is 5.80. The van der Waals surface area contributed by atoms with Gasteiger partial charge in [0.15, 0.2) is 11.5 Å². The summed E-state index contributed by atoms with van der Waals surface area (Å²) >= 11 is 0. The number of furan rings is 1. The van der Waals surface area contributed by atoms with Gasteiger partial charge in [-0.2, -0.15) is 13.2 Å². The van der Waals surface area contributed by atoms with Crippen LogP contribution in [0, 0.1) is 0 Å². The molecule has 0 bridgehead atoms. The van der Waals surface area contributed by atoms with Crippen LogP contribution in [0.5, 0.6) is 0 Å². The van der Waals surface area contributed by atoms with Crippen LogP contribution in [0.1, 0.15) is 18.4 Å². The van der Waals surface area contributed by atoms with E-state index in [0.717, 1.165) is 6.07 Å². The van der Waals surface area contributed by atoms with E-state index < -0.39 is 17.5 Å². The zero-order valence-corrected chi connectivity index (χ0v) is 13.7. The first kappa shape index (κ1) is 17.9. The first-order valence-electron chi connectivity index (χ1n) is 7.63. The molecular weight excluding hydrogens is 349 g/mol. The van der Waals surface area contributed by atoms with Gasteiger partial charge in [-0.3, -0.25) is 4.98 Å². The molecule has 1 atom stereocenters. The van der Waals surface area contributed by atoms with Crippen molar-refractivity contribution in [3.05, 3.63) is 60.4 Å². The summed E-state index contributed by atoms with van der Waals surface area (Å²) in [4.78, 5) is 11.5. The minimum Gasteiger partial charge on any atom is -0.466 e. The monoisotopic (exact) mass is 364 g/mol. The molecule has 0 aliphatic heterocycles. The van der Waals surface area contributed by atoms with Gasteiger partial charge in [0.1, 0.15) is 17.2 Å². The number of hydrogen-bond donors (Lipinski definition) is 2. The standard InChI is InChI=1S/C17H15F3N4O2/c1-16(25,13-3-2-8-26-13)10-22-14-9-12(17(18,19)20)23-15(24-14)11-4-6-21-7-5-11/h2-9,25H,10H2,1H3,(H,22,23,24). The molecule has 9 heteroatoms. The molecule has 0 spiro atoms. The Bertz CT molecular complexity index is 865. The van der Waals surface area contributed by atoms with E-state index in [0.29, 0.717) is 5.56 Å². The summed E-state index contributed by atoms with van der Waals surface area (Å²) in [7, 11) is 0. The number of nitrogens with zero attached hydrogens (tertiary/aromatic N) is 3. The average molecular weight is 364 g/mol. The van der Waals surface area contributed by atoms with Crippen LogP contribution in [0.4, 0.5) is 19.0 Å². The number of aliphatic hydroxyl groups is 1. The summed E-state index contributed by atoms with van der Waals surface area (Å²) in [5, 5.41) is 13.1. The van der Waals surface area contributed by atoms with Crippen LogP contribution < -0.4 is 5.32 Å². The summed E-state index contributed by atoms with van der Waals surface area (Å²) in [5.74, 6) is 0.123. The van der Waals surface area contributed by atoms with E-state index in [1.165, 1.54) is 37.7 Å². The predicted octanol–water partition coefficient (Wildman–Crippen LogP) is 3.47. The van der Waals surface area contributed by atoms with E-state index in [9.17, 15) is 18.3 Å². The van der Waals surface area contributed by atoms with Gasteiger partial charge in [0.25, 0.3) is 0 Å². The van der Waals surface area contributed by atoms with E-state index in [1.54, 1.807) is 12.1 Å². The Labute approximate surface area is 146 Å². The van der Waals surface area contributed by atoms with Gasteiger partial charge < -0.3 is 14.8 Å². The molecule has 2 N–H and O–H groups in total. The highest BCUT2D eigenvalue weighted by molar-refractivity contribution is 5.57. The van der Waals surface area contributed by atoms with Gasteiger partial charge in [0.2, 0.25) is 0 Å². The number of pyridine rings is 1. The fourth-order valence-electron chi connectivity index (χ4n) is 2.25. The van der Waals surface area contributed by atoms with Gasteiger partial charge in [0.05, 0.1) is 12.8 Å².